The van der Waals surface area contributed by atoms with Gasteiger partial charge in [0.05, 0.1) is 11.6 Å². The maximum Gasteiger partial charge on any atom is 0.142 e. The summed E-state index contributed by atoms with van der Waals surface area (Å²) in [6.07, 6.45) is 3.04. The van der Waals surface area contributed by atoms with Crippen molar-refractivity contribution >= 4 is 22.4 Å². The van der Waals surface area contributed by atoms with Crippen LogP contribution in [0, 0.1) is 17.5 Å². The summed E-state index contributed by atoms with van der Waals surface area (Å²) in [5.74, 6) is -0.453. The molecule has 0 bridgehead atoms. The van der Waals surface area contributed by atoms with Gasteiger partial charge in [0.15, 0.2) is 0 Å². The number of halogens is 4. The maximum absolute atomic E-state index is 15.1. The van der Waals surface area contributed by atoms with Crippen LogP contribution in [-0.2, 0) is 25.7 Å². The fourth-order valence-electron chi connectivity index (χ4n) is 4.03. The third-order valence-corrected chi connectivity index (χ3v) is 6.25. The summed E-state index contributed by atoms with van der Waals surface area (Å²) in [6.45, 7) is 2.57. The standard InChI is InChI=1S/C29H26ClF3O/c1-2-15-34-24-12-11-21(27(31)18-24)7-3-19-5-13-25-23(16-19)10-9-22(29(25)33)8-4-20-6-14-26(30)28(32)17-20/h5-6,9-14,16-18H,2-4,7-8,15H2,1H3. The molecule has 5 heteroatoms. The lowest BCUT2D eigenvalue weighted by atomic mass is 9.97. The molecule has 0 heterocycles. The fraction of sp³-hybridized carbons (Fsp3) is 0.241. The molecule has 0 N–H and O–H groups in total. The van der Waals surface area contributed by atoms with E-state index in [9.17, 15) is 8.78 Å². The molecule has 4 rings (SSSR count). The van der Waals surface area contributed by atoms with Crippen LogP contribution in [0.4, 0.5) is 13.2 Å². The van der Waals surface area contributed by atoms with Crippen LogP contribution in [0.15, 0.2) is 66.7 Å². The Morgan fingerprint density at radius 1 is 0.706 bits per heavy atom. The van der Waals surface area contributed by atoms with E-state index in [0.29, 0.717) is 54.6 Å². The zero-order valence-electron chi connectivity index (χ0n) is 19.0. The highest BCUT2D eigenvalue weighted by Crippen LogP contribution is 2.25. The molecule has 0 radical (unpaired) electrons. The van der Waals surface area contributed by atoms with Gasteiger partial charge < -0.3 is 4.74 Å². The Bertz CT molecular complexity index is 1300. The lowest BCUT2D eigenvalue weighted by Crippen LogP contribution is -1.99. The van der Waals surface area contributed by atoms with Crippen molar-refractivity contribution in [2.45, 2.75) is 39.0 Å². The van der Waals surface area contributed by atoms with E-state index in [2.05, 4.69) is 0 Å². The first-order valence-corrected chi connectivity index (χ1v) is 11.9. The van der Waals surface area contributed by atoms with Gasteiger partial charge in [-0.1, -0.05) is 61.0 Å². The molecule has 0 unspecified atom stereocenters. The molecule has 0 aromatic heterocycles. The summed E-state index contributed by atoms with van der Waals surface area (Å²) >= 11 is 5.73. The van der Waals surface area contributed by atoms with Crippen molar-refractivity contribution in [2.75, 3.05) is 6.61 Å². The highest BCUT2D eigenvalue weighted by atomic mass is 35.5. The van der Waals surface area contributed by atoms with Crippen molar-refractivity contribution in [3.05, 3.63) is 111 Å². The maximum atomic E-state index is 15.1. The van der Waals surface area contributed by atoms with Crippen LogP contribution < -0.4 is 4.74 Å². The minimum atomic E-state index is -0.466. The molecule has 0 saturated carbocycles. The Balaban J connectivity index is 1.43. The second kappa shape index (κ2) is 11.0. The zero-order valence-corrected chi connectivity index (χ0v) is 19.8. The first kappa shape index (κ1) is 24.2. The molecular formula is C29H26ClF3O. The third kappa shape index (κ3) is 5.74. The second-order valence-corrected chi connectivity index (χ2v) is 8.85. The number of hydrogen-bond donors (Lipinski definition) is 0. The van der Waals surface area contributed by atoms with E-state index in [1.165, 1.54) is 18.2 Å². The monoisotopic (exact) mass is 482 g/mol. The molecule has 4 aromatic rings. The molecule has 4 aromatic carbocycles. The summed E-state index contributed by atoms with van der Waals surface area (Å²) < 4.78 is 48.7. The van der Waals surface area contributed by atoms with Gasteiger partial charge in [0, 0.05) is 11.5 Å². The highest BCUT2D eigenvalue weighted by molar-refractivity contribution is 6.30. The van der Waals surface area contributed by atoms with Gasteiger partial charge in [0.25, 0.3) is 0 Å². The topological polar surface area (TPSA) is 9.23 Å². The average molecular weight is 483 g/mol. The predicted octanol–water partition coefficient (Wildman–Crippen LogP) is 8.27. The molecule has 0 aliphatic heterocycles. The fourth-order valence-corrected chi connectivity index (χ4v) is 4.15. The molecule has 0 spiro atoms. The van der Waals surface area contributed by atoms with Crippen molar-refractivity contribution in [1.29, 1.82) is 0 Å². The highest BCUT2D eigenvalue weighted by Gasteiger charge is 2.10. The Morgan fingerprint density at radius 2 is 1.41 bits per heavy atom. The van der Waals surface area contributed by atoms with E-state index >= 15 is 4.39 Å². The summed E-state index contributed by atoms with van der Waals surface area (Å²) in [6, 6.07) is 19.0. The molecule has 34 heavy (non-hydrogen) atoms. The number of benzene rings is 4. The normalized spacial score (nSPS) is 11.2. The lowest BCUT2D eigenvalue weighted by molar-refractivity contribution is 0.315. The second-order valence-electron chi connectivity index (χ2n) is 8.44. The van der Waals surface area contributed by atoms with Gasteiger partial charge in [-0.2, -0.15) is 0 Å². The first-order chi connectivity index (χ1) is 16.4. The molecular weight excluding hydrogens is 457 g/mol. The third-order valence-electron chi connectivity index (χ3n) is 5.95. The van der Waals surface area contributed by atoms with Gasteiger partial charge in [0.2, 0.25) is 0 Å². The van der Waals surface area contributed by atoms with E-state index in [4.69, 9.17) is 16.3 Å². The summed E-state index contributed by atoms with van der Waals surface area (Å²) in [5, 5.41) is 1.43. The first-order valence-electron chi connectivity index (χ1n) is 11.5. The quantitative estimate of drug-likeness (QED) is 0.233. The summed E-state index contributed by atoms with van der Waals surface area (Å²) in [7, 11) is 0. The van der Waals surface area contributed by atoms with Crippen molar-refractivity contribution in [3.63, 3.8) is 0 Å². The summed E-state index contributed by atoms with van der Waals surface area (Å²) in [4.78, 5) is 0. The number of ether oxygens (including phenoxy) is 1. The van der Waals surface area contributed by atoms with Crippen molar-refractivity contribution in [2.24, 2.45) is 0 Å². The molecule has 0 saturated heterocycles. The predicted molar refractivity (Wildman–Crippen MR) is 132 cm³/mol. The van der Waals surface area contributed by atoms with Gasteiger partial charge in [-0.3, -0.25) is 0 Å². The zero-order chi connectivity index (χ0) is 24.1. The van der Waals surface area contributed by atoms with E-state index in [1.54, 1.807) is 30.3 Å². The molecule has 0 aliphatic rings. The Hall–Kier alpha value is -2.98. The molecule has 0 atom stereocenters. The van der Waals surface area contributed by atoms with E-state index in [0.717, 1.165) is 22.9 Å². The molecule has 0 fully saturated rings. The van der Waals surface area contributed by atoms with Crippen LogP contribution in [0.2, 0.25) is 5.02 Å². The molecule has 0 amide bonds. The van der Waals surface area contributed by atoms with Crippen LogP contribution >= 0.6 is 11.6 Å². The van der Waals surface area contributed by atoms with Gasteiger partial charge >= 0.3 is 0 Å². The van der Waals surface area contributed by atoms with Crippen LogP contribution in [-0.4, -0.2) is 6.61 Å². The van der Waals surface area contributed by atoms with Gasteiger partial charge in [-0.15, -0.1) is 0 Å². The van der Waals surface area contributed by atoms with Gasteiger partial charge in [-0.05, 0) is 77.9 Å². The average Bonchev–Trinajstić information content (AvgIpc) is 2.83. The van der Waals surface area contributed by atoms with Crippen LogP contribution in [0.25, 0.3) is 10.8 Å². The number of hydrogen-bond acceptors (Lipinski definition) is 1. The van der Waals surface area contributed by atoms with E-state index in [-0.39, 0.29) is 16.7 Å². The van der Waals surface area contributed by atoms with Crippen LogP contribution in [0.1, 0.15) is 35.6 Å². The van der Waals surface area contributed by atoms with E-state index < -0.39 is 5.82 Å². The lowest BCUT2D eigenvalue weighted by Gasteiger charge is -2.10. The smallest absolute Gasteiger partial charge is 0.142 e. The Labute approximate surface area is 203 Å². The molecule has 0 aliphatic carbocycles. The van der Waals surface area contributed by atoms with Crippen molar-refractivity contribution in [1.82, 2.24) is 0 Å². The minimum absolute atomic E-state index is 0.0807. The number of rotatable bonds is 9. The van der Waals surface area contributed by atoms with Crippen LogP contribution in [0.5, 0.6) is 5.75 Å². The Morgan fingerprint density at radius 3 is 2.15 bits per heavy atom. The number of aryl methyl sites for hydroxylation is 4. The van der Waals surface area contributed by atoms with Gasteiger partial charge in [-0.25, -0.2) is 13.2 Å². The van der Waals surface area contributed by atoms with Crippen LogP contribution in [0.3, 0.4) is 0 Å². The molecule has 1 nitrogen and oxygen atoms in total. The van der Waals surface area contributed by atoms with Gasteiger partial charge in [0.1, 0.15) is 23.2 Å². The van der Waals surface area contributed by atoms with E-state index in [1.807, 2.05) is 25.1 Å². The minimum Gasteiger partial charge on any atom is -0.494 e. The SMILES string of the molecule is CCCOc1ccc(CCc2ccc3c(F)c(CCc4ccc(Cl)c(F)c4)ccc3c2)c(F)c1. The summed E-state index contributed by atoms with van der Waals surface area (Å²) in [5.41, 5.74) is 3.00. The largest absolute Gasteiger partial charge is 0.494 e. The number of fused-ring (bicyclic) bond motifs is 1. The van der Waals surface area contributed by atoms with Crippen molar-refractivity contribution < 1.29 is 17.9 Å². The molecule has 176 valence electrons. The van der Waals surface area contributed by atoms with Crippen molar-refractivity contribution in [3.8, 4) is 5.75 Å². The Kier molecular flexibility index (Phi) is 7.79.